The third-order valence-electron chi connectivity index (χ3n) is 2.97. The van der Waals surface area contributed by atoms with Gasteiger partial charge >= 0.3 is 0 Å². The van der Waals surface area contributed by atoms with Crippen LogP contribution in [0, 0.1) is 5.92 Å². The van der Waals surface area contributed by atoms with Crippen molar-refractivity contribution < 1.29 is 14.3 Å². The predicted molar refractivity (Wildman–Crippen MR) is 65.5 cm³/mol. The van der Waals surface area contributed by atoms with Crippen molar-refractivity contribution in [1.82, 2.24) is 0 Å². The standard InChI is InChI=1S/C14H18O3/c1-2-17-13-5-3-4-12(9-13)14(15)8-11-6-7-16-10-11/h3-5,9,11H,2,6-8,10H2,1H3. The molecule has 0 bridgehead atoms. The minimum Gasteiger partial charge on any atom is -0.494 e. The van der Waals surface area contributed by atoms with Crippen molar-refractivity contribution in [2.75, 3.05) is 19.8 Å². The van der Waals surface area contributed by atoms with E-state index in [1.54, 1.807) is 0 Å². The quantitative estimate of drug-likeness (QED) is 0.735. The summed E-state index contributed by atoms with van der Waals surface area (Å²) in [6, 6.07) is 7.41. The summed E-state index contributed by atoms with van der Waals surface area (Å²) in [7, 11) is 0. The molecule has 1 aromatic carbocycles. The average molecular weight is 234 g/mol. The highest BCUT2D eigenvalue weighted by atomic mass is 16.5. The summed E-state index contributed by atoms with van der Waals surface area (Å²) in [6.07, 6.45) is 1.58. The average Bonchev–Trinajstić information content (AvgIpc) is 2.83. The molecular formula is C14H18O3. The van der Waals surface area contributed by atoms with E-state index in [4.69, 9.17) is 9.47 Å². The van der Waals surface area contributed by atoms with Crippen LogP contribution in [-0.2, 0) is 4.74 Å². The number of rotatable bonds is 5. The van der Waals surface area contributed by atoms with Gasteiger partial charge in [-0.25, -0.2) is 0 Å². The zero-order valence-corrected chi connectivity index (χ0v) is 10.1. The summed E-state index contributed by atoms with van der Waals surface area (Å²) in [4.78, 5) is 12.0. The highest BCUT2D eigenvalue weighted by molar-refractivity contribution is 5.96. The molecule has 0 N–H and O–H groups in total. The lowest BCUT2D eigenvalue weighted by Gasteiger charge is -2.08. The van der Waals surface area contributed by atoms with Gasteiger partial charge in [0.15, 0.2) is 5.78 Å². The maximum Gasteiger partial charge on any atom is 0.163 e. The van der Waals surface area contributed by atoms with E-state index in [0.29, 0.717) is 18.9 Å². The van der Waals surface area contributed by atoms with Crippen LogP contribution in [0.3, 0.4) is 0 Å². The highest BCUT2D eigenvalue weighted by Gasteiger charge is 2.20. The van der Waals surface area contributed by atoms with Gasteiger partial charge in [0.05, 0.1) is 6.61 Å². The molecule has 17 heavy (non-hydrogen) atoms. The summed E-state index contributed by atoms with van der Waals surface area (Å²) < 4.78 is 10.7. The van der Waals surface area contributed by atoms with Crippen LogP contribution in [0.15, 0.2) is 24.3 Å². The van der Waals surface area contributed by atoms with E-state index in [2.05, 4.69) is 0 Å². The molecule has 0 amide bonds. The first-order valence-electron chi connectivity index (χ1n) is 6.13. The summed E-state index contributed by atoms with van der Waals surface area (Å²) in [6.45, 7) is 4.06. The summed E-state index contributed by atoms with van der Waals surface area (Å²) in [5.41, 5.74) is 0.739. The molecule has 1 fully saturated rings. The van der Waals surface area contributed by atoms with Gasteiger partial charge in [-0.3, -0.25) is 4.79 Å². The number of ether oxygens (including phenoxy) is 2. The molecule has 2 rings (SSSR count). The maximum atomic E-state index is 12.0. The number of carbonyl (C=O) groups is 1. The van der Waals surface area contributed by atoms with Crippen LogP contribution in [0.4, 0.5) is 0 Å². The van der Waals surface area contributed by atoms with Crippen LogP contribution in [0.2, 0.25) is 0 Å². The van der Waals surface area contributed by atoms with Gasteiger partial charge < -0.3 is 9.47 Å². The summed E-state index contributed by atoms with van der Waals surface area (Å²) in [5, 5.41) is 0. The normalized spacial score (nSPS) is 19.2. The zero-order chi connectivity index (χ0) is 12.1. The van der Waals surface area contributed by atoms with Gasteiger partial charge in [-0.05, 0) is 31.4 Å². The second-order valence-electron chi connectivity index (χ2n) is 4.32. The van der Waals surface area contributed by atoms with E-state index in [1.807, 2.05) is 31.2 Å². The van der Waals surface area contributed by atoms with E-state index >= 15 is 0 Å². The molecule has 0 radical (unpaired) electrons. The van der Waals surface area contributed by atoms with Crippen LogP contribution >= 0.6 is 0 Å². The van der Waals surface area contributed by atoms with Gasteiger partial charge in [0.1, 0.15) is 5.75 Å². The molecule has 1 aromatic rings. The Morgan fingerprint density at radius 2 is 2.41 bits per heavy atom. The lowest BCUT2D eigenvalue weighted by Crippen LogP contribution is -2.08. The van der Waals surface area contributed by atoms with Crippen molar-refractivity contribution in [2.45, 2.75) is 19.8 Å². The van der Waals surface area contributed by atoms with Crippen molar-refractivity contribution in [2.24, 2.45) is 5.92 Å². The molecule has 1 saturated heterocycles. The second-order valence-corrected chi connectivity index (χ2v) is 4.32. The SMILES string of the molecule is CCOc1cccc(C(=O)CC2CCOC2)c1. The molecule has 1 unspecified atom stereocenters. The van der Waals surface area contributed by atoms with E-state index in [-0.39, 0.29) is 5.78 Å². The van der Waals surface area contributed by atoms with Crippen molar-refractivity contribution >= 4 is 5.78 Å². The van der Waals surface area contributed by atoms with Gasteiger partial charge in [-0.1, -0.05) is 12.1 Å². The molecule has 1 aliphatic heterocycles. The van der Waals surface area contributed by atoms with Gasteiger partial charge in [0.25, 0.3) is 0 Å². The molecule has 1 aliphatic rings. The Morgan fingerprint density at radius 1 is 1.53 bits per heavy atom. The topological polar surface area (TPSA) is 35.5 Å². The van der Waals surface area contributed by atoms with E-state index in [1.165, 1.54) is 0 Å². The molecular weight excluding hydrogens is 216 g/mol. The van der Waals surface area contributed by atoms with Crippen LogP contribution < -0.4 is 4.74 Å². The van der Waals surface area contributed by atoms with E-state index in [0.717, 1.165) is 30.9 Å². The Balaban J connectivity index is 1.99. The monoisotopic (exact) mass is 234 g/mol. The lowest BCUT2D eigenvalue weighted by atomic mass is 9.98. The number of hydrogen-bond acceptors (Lipinski definition) is 3. The lowest BCUT2D eigenvalue weighted by molar-refractivity contribution is 0.0952. The fourth-order valence-corrected chi connectivity index (χ4v) is 2.05. The molecule has 0 aromatic heterocycles. The Labute approximate surface area is 102 Å². The van der Waals surface area contributed by atoms with Gasteiger partial charge in [-0.15, -0.1) is 0 Å². The first kappa shape index (κ1) is 12.1. The third kappa shape index (κ3) is 3.30. The predicted octanol–water partition coefficient (Wildman–Crippen LogP) is 2.69. The van der Waals surface area contributed by atoms with Gasteiger partial charge in [0.2, 0.25) is 0 Å². The zero-order valence-electron chi connectivity index (χ0n) is 10.1. The number of ketones is 1. The van der Waals surface area contributed by atoms with E-state index < -0.39 is 0 Å². The van der Waals surface area contributed by atoms with E-state index in [9.17, 15) is 4.79 Å². The first-order chi connectivity index (χ1) is 8.29. The van der Waals surface area contributed by atoms with Crippen molar-refractivity contribution in [3.05, 3.63) is 29.8 Å². The maximum absolute atomic E-state index is 12.0. The molecule has 0 spiro atoms. The fourth-order valence-electron chi connectivity index (χ4n) is 2.05. The molecule has 0 aliphatic carbocycles. The molecule has 1 heterocycles. The number of carbonyl (C=O) groups excluding carboxylic acids is 1. The van der Waals surface area contributed by atoms with Crippen molar-refractivity contribution in [3.8, 4) is 5.75 Å². The first-order valence-corrected chi connectivity index (χ1v) is 6.13. The molecule has 92 valence electrons. The van der Waals surface area contributed by atoms with Gasteiger partial charge in [0, 0.05) is 25.2 Å². The summed E-state index contributed by atoms with van der Waals surface area (Å²) >= 11 is 0. The number of Topliss-reactive ketones (excluding diaryl/α,β-unsaturated/α-hetero) is 1. The molecule has 0 saturated carbocycles. The van der Waals surface area contributed by atoms with Crippen LogP contribution in [-0.4, -0.2) is 25.6 Å². The minimum absolute atomic E-state index is 0.182. The van der Waals surface area contributed by atoms with Crippen LogP contribution in [0.25, 0.3) is 0 Å². The Kier molecular flexibility index (Phi) is 4.15. The Bertz CT molecular complexity index is 381. The molecule has 3 heteroatoms. The number of hydrogen-bond donors (Lipinski definition) is 0. The van der Waals surface area contributed by atoms with Crippen molar-refractivity contribution in [3.63, 3.8) is 0 Å². The highest BCUT2D eigenvalue weighted by Crippen LogP contribution is 2.21. The Hall–Kier alpha value is -1.35. The summed E-state index contributed by atoms with van der Waals surface area (Å²) in [5.74, 6) is 1.33. The van der Waals surface area contributed by atoms with Crippen molar-refractivity contribution in [1.29, 1.82) is 0 Å². The fraction of sp³-hybridized carbons (Fsp3) is 0.500. The van der Waals surface area contributed by atoms with Crippen LogP contribution in [0.5, 0.6) is 5.75 Å². The Morgan fingerprint density at radius 3 is 3.12 bits per heavy atom. The van der Waals surface area contributed by atoms with Crippen LogP contribution in [0.1, 0.15) is 30.1 Å². The third-order valence-corrected chi connectivity index (χ3v) is 2.97. The molecule has 3 nitrogen and oxygen atoms in total. The molecule has 1 atom stereocenters. The van der Waals surface area contributed by atoms with Gasteiger partial charge in [-0.2, -0.15) is 0 Å². The largest absolute Gasteiger partial charge is 0.494 e. The minimum atomic E-state index is 0.182. The number of benzene rings is 1. The second kappa shape index (κ2) is 5.82. The smallest absolute Gasteiger partial charge is 0.163 e.